The van der Waals surface area contributed by atoms with Crippen LogP contribution in [0.4, 0.5) is 0 Å². The predicted molar refractivity (Wildman–Crippen MR) is 167 cm³/mol. The van der Waals surface area contributed by atoms with E-state index in [1.807, 2.05) is 0 Å². The number of aromatic hydroxyl groups is 3. The maximum Gasteiger partial charge on any atom is 0.344 e. The second-order valence-corrected chi connectivity index (χ2v) is 9.44. The summed E-state index contributed by atoms with van der Waals surface area (Å²) in [5.41, 5.74) is -0.359. The van der Waals surface area contributed by atoms with E-state index in [9.17, 15) is 53.7 Å². The number of benzene rings is 3. The number of rotatable bonds is 16. The molecule has 0 aromatic heterocycles. The third kappa shape index (κ3) is 15.4. The number of aliphatic carboxylic acids is 1. The fraction of sp³-hybridized carbons (Fsp3) is 0.212. The molecular weight excluding hydrogens is 700 g/mol. The molecule has 0 unspecified atom stereocenters. The summed E-state index contributed by atoms with van der Waals surface area (Å²) in [5.74, 6) is -9.01. The number of carbonyl (C=O) groups is 8. The zero-order valence-electron chi connectivity index (χ0n) is 26.8. The minimum Gasteiger partial charge on any atom is -0.507 e. The van der Waals surface area contributed by atoms with Gasteiger partial charge in [-0.25, -0.2) is 38.4 Å². The van der Waals surface area contributed by atoms with E-state index in [-0.39, 0.29) is 33.9 Å². The highest BCUT2D eigenvalue weighted by molar-refractivity contribution is 5.94. The van der Waals surface area contributed by atoms with Crippen LogP contribution in [0.15, 0.2) is 72.8 Å². The molecule has 19 nitrogen and oxygen atoms in total. The highest BCUT2D eigenvalue weighted by Gasteiger charge is 2.18. The van der Waals surface area contributed by atoms with E-state index >= 15 is 0 Å². The van der Waals surface area contributed by atoms with E-state index < -0.39 is 94.0 Å². The smallest absolute Gasteiger partial charge is 0.344 e. The minimum absolute atomic E-state index is 0.0475. The zero-order valence-corrected chi connectivity index (χ0v) is 26.8. The number of carbonyl (C=O) groups excluding carboxylic acids is 7. The van der Waals surface area contributed by atoms with E-state index in [0.717, 1.165) is 0 Å². The first-order valence-corrected chi connectivity index (χ1v) is 14.5. The van der Waals surface area contributed by atoms with Crippen molar-refractivity contribution in [2.24, 2.45) is 0 Å². The number of hydrogen-bond donors (Lipinski definition) is 4. The lowest BCUT2D eigenvalue weighted by Gasteiger charge is -2.09. The first-order chi connectivity index (χ1) is 24.8. The summed E-state index contributed by atoms with van der Waals surface area (Å²) >= 11 is 0. The Balaban J connectivity index is 0.000000557. The number of hydrogen-bond acceptors (Lipinski definition) is 18. The van der Waals surface area contributed by atoms with Gasteiger partial charge in [-0.1, -0.05) is 36.4 Å². The molecule has 0 amide bonds. The van der Waals surface area contributed by atoms with Gasteiger partial charge in [-0.3, -0.25) is 0 Å². The Morgan fingerprint density at radius 2 is 0.654 bits per heavy atom. The SMILES string of the molecule is O=C(COC(=O)COC(=O)c1ccccc1O)OCCOC(=O)COC(=O)COC(=O)c1ccccc1O.O=C(O)COC(=O)c1ccccc1O. The molecule has 0 spiro atoms. The van der Waals surface area contributed by atoms with Crippen molar-refractivity contribution in [1.29, 1.82) is 0 Å². The largest absolute Gasteiger partial charge is 0.507 e. The molecule has 0 saturated heterocycles. The van der Waals surface area contributed by atoms with Gasteiger partial charge in [-0.2, -0.15) is 0 Å². The van der Waals surface area contributed by atoms with Crippen molar-refractivity contribution in [2.75, 3.05) is 46.2 Å². The number of phenolic OH excluding ortho intramolecular Hbond substituents is 3. The molecule has 3 aromatic rings. The van der Waals surface area contributed by atoms with E-state index in [1.165, 1.54) is 66.7 Å². The molecule has 276 valence electrons. The van der Waals surface area contributed by atoms with Crippen molar-refractivity contribution in [3.63, 3.8) is 0 Å². The normalized spacial score (nSPS) is 9.85. The summed E-state index contributed by atoms with van der Waals surface area (Å²) in [5, 5.41) is 36.5. The molecule has 0 heterocycles. The van der Waals surface area contributed by atoms with Gasteiger partial charge in [-0.15, -0.1) is 0 Å². The Bertz CT molecular complexity index is 1660. The second kappa shape index (κ2) is 21.7. The molecule has 0 saturated carbocycles. The van der Waals surface area contributed by atoms with Crippen LogP contribution in [0.5, 0.6) is 17.2 Å². The van der Waals surface area contributed by atoms with Gasteiger partial charge >= 0.3 is 47.8 Å². The molecule has 0 aliphatic carbocycles. The summed E-state index contributed by atoms with van der Waals surface area (Å²) in [4.78, 5) is 91.0. The Labute approximate surface area is 292 Å². The molecule has 0 radical (unpaired) electrons. The predicted octanol–water partition coefficient (Wildman–Crippen LogP) is 0.918. The third-order valence-corrected chi connectivity index (χ3v) is 5.65. The van der Waals surface area contributed by atoms with Crippen LogP contribution in [0.3, 0.4) is 0 Å². The molecule has 0 bridgehead atoms. The van der Waals surface area contributed by atoms with Crippen LogP contribution in [0, 0.1) is 0 Å². The summed E-state index contributed by atoms with van der Waals surface area (Å²) in [6.45, 7) is -4.77. The van der Waals surface area contributed by atoms with Crippen LogP contribution in [-0.2, 0) is 57.1 Å². The lowest BCUT2D eigenvalue weighted by atomic mass is 10.2. The first-order valence-electron chi connectivity index (χ1n) is 14.5. The van der Waals surface area contributed by atoms with E-state index in [4.69, 9.17) is 5.11 Å². The number of ether oxygens (including phenoxy) is 7. The van der Waals surface area contributed by atoms with Gasteiger partial charge in [-0.05, 0) is 36.4 Å². The minimum atomic E-state index is -1.24. The van der Waals surface area contributed by atoms with Crippen LogP contribution >= 0.6 is 0 Å². The average Bonchev–Trinajstić information content (AvgIpc) is 3.12. The maximum absolute atomic E-state index is 11.8. The summed E-state index contributed by atoms with van der Waals surface area (Å²) in [6.07, 6.45) is 0. The number of phenols is 3. The molecular formula is C33H30O19. The third-order valence-electron chi connectivity index (χ3n) is 5.65. The Kier molecular flexibility index (Phi) is 17.1. The summed E-state index contributed by atoms with van der Waals surface area (Å²) < 4.78 is 32.2. The Hall–Kier alpha value is -7.18. The highest BCUT2D eigenvalue weighted by Crippen LogP contribution is 2.18. The Morgan fingerprint density at radius 1 is 0.385 bits per heavy atom. The fourth-order valence-corrected chi connectivity index (χ4v) is 3.30. The van der Waals surface area contributed by atoms with Crippen molar-refractivity contribution >= 4 is 47.8 Å². The molecule has 0 fully saturated rings. The second-order valence-electron chi connectivity index (χ2n) is 9.44. The molecule has 3 rings (SSSR count). The number of carboxylic acids is 1. The van der Waals surface area contributed by atoms with Gasteiger partial charge in [0.1, 0.15) is 47.2 Å². The van der Waals surface area contributed by atoms with Gasteiger partial charge in [0.15, 0.2) is 33.0 Å². The number of para-hydroxylation sites is 3. The summed E-state index contributed by atoms with van der Waals surface area (Å²) in [7, 11) is 0. The lowest BCUT2D eigenvalue weighted by Crippen LogP contribution is -2.24. The average molecular weight is 731 g/mol. The lowest BCUT2D eigenvalue weighted by molar-refractivity contribution is -0.165. The van der Waals surface area contributed by atoms with Crippen molar-refractivity contribution in [2.45, 2.75) is 0 Å². The van der Waals surface area contributed by atoms with Gasteiger partial charge in [0.2, 0.25) is 0 Å². The Morgan fingerprint density at radius 3 is 0.962 bits per heavy atom. The topological polar surface area (TPSA) is 282 Å². The van der Waals surface area contributed by atoms with Crippen molar-refractivity contribution in [1.82, 2.24) is 0 Å². The van der Waals surface area contributed by atoms with Gasteiger partial charge in [0.05, 0.1) is 0 Å². The number of carboxylic acid groups (broad SMARTS) is 1. The molecule has 19 heteroatoms. The van der Waals surface area contributed by atoms with E-state index in [2.05, 4.69) is 33.2 Å². The van der Waals surface area contributed by atoms with E-state index in [0.29, 0.717) is 0 Å². The molecule has 52 heavy (non-hydrogen) atoms. The monoisotopic (exact) mass is 730 g/mol. The van der Waals surface area contributed by atoms with Crippen molar-refractivity contribution in [3.8, 4) is 17.2 Å². The molecule has 0 atom stereocenters. The number of esters is 7. The molecule has 0 aliphatic rings. The van der Waals surface area contributed by atoms with Crippen LogP contribution in [0.25, 0.3) is 0 Å². The van der Waals surface area contributed by atoms with Gasteiger partial charge < -0.3 is 53.6 Å². The standard InChI is InChI=1S/C24H22O14.C9H8O5/c25-17-7-3-1-5-15(17)23(31)37-13-21(29)35-11-19(27)33-9-10-34-20(28)12-36-22(30)14-38-24(32)16-6-2-4-8-18(16)26;10-7-4-2-1-3-6(7)9(13)14-5-8(11)12/h1-8,25-26H,9-14H2;1-4,10H,5H2,(H,11,12). The maximum atomic E-state index is 11.8. The van der Waals surface area contributed by atoms with E-state index in [1.54, 1.807) is 6.07 Å². The zero-order chi connectivity index (χ0) is 38.5. The van der Waals surface area contributed by atoms with Gasteiger partial charge in [0, 0.05) is 0 Å². The van der Waals surface area contributed by atoms with Crippen molar-refractivity contribution in [3.05, 3.63) is 89.5 Å². The molecule has 3 aromatic carbocycles. The van der Waals surface area contributed by atoms with Crippen LogP contribution < -0.4 is 0 Å². The quantitative estimate of drug-likeness (QED) is 0.0905. The van der Waals surface area contributed by atoms with Crippen LogP contribution in [-0.4, -0.2) is 114 Å². The fourth-order valence-electron chi connectivity index (χ4n) is 3.30. The first kappa shape index (κ1) is 41.0. The summed E-state index contributed by atoms with van der Waals surface area (Å²) in [6, 6.07) is 16.8. The van der Waals surface area contributed by atoms with Crippen LogP contribution in [0.1, 0.15) is 31.1 Å². The van der Waals surface area contributed by atoms with Crippen LogP contribution in [0.2, 0.25) is 0 Å². The molecule has 4 N–H and O–H groups in total. The molecule has 0 aliphatic heterocycles. The van der Waals surface area contributed by atoms with Gasteiger partial charge in [0.25, 0.3) is 0 Å². The van der Waals surface area contributed by atoms with Crippen molar-refractivity contribution < 1.29 is 91.9 Å². The highest BCUT2D eigenvalue weighted by atomic mass is 16.6.